The monoisotopic (exact) mass is 371 g/mol. The Morgan fingerprint density at radius 2 is 1.69 bits per heavy atom. The molecule has 0 atom stereocenters. The Morgan fingerprint density at radius 3 is 2.38 bits per heavy atom. The van der Waals surface area contributed by atoms with Gasteiger partial charge in [-0.2, -0.15) is 0 Å². The molecule has 2 N–H and O–H groups in total. The lowest BCUT2D eigenvalue weighted by molar-refractivity contribution is -0.387. The van der Waals surface area contributed by atoms with Gasteiger partial charge in [-0.05, 0) is 28.5 Å². The van der Waals surface area contributed by atoms with E-state index in [1.807, 2.05) is 42.5 Å². The molecule has 3 aromatic rings. The lowest BCUT2D eigenvalue weighted by Crippen LogP contribution is -2.20. The van der Waals surface area contributed by atoms with Crippen molar-refractivity contribution in [3.05, 3.63) is 76.3 Å². The molecule has 8 heteroatoms. The number of nitrogens with two attached hydrogens (primary N) is 1. The second kappa shape index (κ2) is 6.74. The standard InChI is InChI=1S/C18H17N3O4S/c1-20(12-14-8-4-7-13-6-2-3-9-15(13)14)16-10-5-11-17(26(19,24)25)18(16)21(22)23/h2-11H,12H2,1H3,(H2,19,24,25). The number of nitro groups is 1. The van der Waals surface area contributed by atoms with Gasteiger partial charge in [-0.3, -0.25) is 10.1 Å². The Kier molecular flexibility index (Phi) is 4.62. The van der Waals surface area contributed by atoms with Crippen molar-refractivity contribution < 1.29 is 13.3 Å². The zero-order valence-corrected chi connectivity index (χ0v) is 14.8. The van der Waals surface area contributed by atoms with Crippen LogP contribution in [-0.2, 0) is 16.6 Å². The number of hydrogen-bond donors (Lipinski definition) is 1. The molecular formula is C18H17N3O4S. The van der Waals surface area contributed by atoms with E-state index >= 15 is 0 Å². The first kappa shape index (κ1) is 17.8. The fourth-order valence-electron chi connectivity index (χ4n) is 3.00. The summed E-state index contributed by atoms with van der Waals surface area (Å²) in [5, 5.41) is 18.8. The van der Waals surface area contributed by atoms with Gasteiger partial charge in [0.25, 0.3) is 0 Å². The lowest BCUT2D eigenvalue weighted by atomic mass is 10.0. The third kappa shape index (κ3) is 3.37. The minimum Gasteiger partial charge on any atom is -0.365 e. The largest absolute Gasteiger partial charge is 0.365 e. The van der Waals surface area contributed by atoms with Crippen molar-refractivity contribution in [1.82, 2.24) is 0 Å². The van der Waals surface area contributed by atoms with Crippen molar-refractivity contribution >= 4 is 32.2 Å². The van der Waals surface area contributed by atoms with Gasteiger partial charge in [-0.15, -0.1) is 0 Å². The molecule has 0 saturated carbocycles. The van der Waals surface area contributed by atoms with Crippen LogP contribution in [0.15, 0.2) is 65.6 Å². The molecule has 0 aliphatic carbocycles. The molecule has 3 aromatic carbocycles. The summed E-state index contributed by atoms with van der Waals surface area (Å²) < 4.78 is 23.4. The molecule has 0 fully saturated rings. The molecule has 0 heterocycles. The average molecular weight is 371 g/mol. The Bertz CT molecular complexity index is 1090. The second-order valence-electron chi connectivity index (χ2n) is 5.92. The predicted octanol–water partition coefficient (Wildman–Crippen LogP) is 3.03. The second-order valence-corrected chi connectivity index (χ2v) is 7.45. The number of nitro benzene ring substituents is 1. The summed E-state index contributed by atoms with van der Waals surface area (Å²) in [5.74, 6) is 0. The number of anilines is 1. The molecule has 0 aliphatic heterocycles. The molecule has 0 amide bonds. The third-order valence-corrected chi connectivity index (χ3v) is 5.11. The van der Waals surface area contributed by atoms with Crippen LogP contribution in [0.5, 0.6) is 0 Å². The maximum atomic E-state index is 11.7. The Labute approximate surface area is 150 Å². The number of nitrogens with zero attached hydrogens (tertiary/aromatic N) is 2. The molecule has 0 radical (unpaired) electrons. The first-order valence-electron chi connectivity index (χ1n) is 7.77. The van der Waals surface area contributed by atoms with Crippen molar-refractivity contribution in [2.75, 3.05) is 11.9 Å². The molecular weight excluding hydrogens is 354 g/mol. The van der Waals surface area contributed by atoms with Gasteiger partial charge >= 0.3 is 5.69 Å². The van der Waals surface area contributed by atoms with Gasteiger partial charge in [0, 0.05) is 13.6 Å². The summed E-state index contributed by atoms with van der Waals surface area (Å²) in [6, 6.07) is 17.8. The summed E-state index contributed by atoms with van der Waals surface area (Å²) in [6.07, 6.45) is 0. The highest BCUT2D eigenvalue weighted by Gasteiger charge is 2.28. The van der Waals surface area contributed by atoms with E-state index in [0.717, 1.165) is 22.4 Å². The van der Waals surface area contributed by atoms with Gasteiger partial charge in [-0.25, -0.2) is 13.6 Å². The molecule has 0 aliphatic rings. The van der Waals surface area contributed by atoms with Crippen LogP contribution >= 0.6 is 0 Å². The van der Waals surface area contributed by atoms with E-state index in [4.69, 9.17) is 5.14 Å². The highest BCUT2D eigenvalue weighted by Crippen LogP contribution is 2.34. The fourth-order valence-corrected chi connectivity index (χ4v) is 3.72. The number of sulfonamides is 1. The Hall–Kier alpha value is -2.97. The van der Waals surface area contributed by atoms with Crippen LogP contribution in [0, 0.1) is 10.1 Å². The van der Waals surface area contributed by atoms with E-state index in [9.17, 15) is 18.5 Å². The number of benzene rings is 3. The number of para-hydroxylation sites is 1. The summed E-state index contributed by atoms with van der Waals surface area (Å²) in [4.78, 5) is 12.0. The topological polar surface area (TPSA) is 107 Å². The highest BCUT2D eigenvalue weighted by molar-refractivity contribution is 7.89. The smallest absolute Gasteiger partial charge is 0.312 e. The van der Waals surface area contributed by atoms with Crippen molar-refractivity contribution in [3.8, 4) is 0 Å². The van der Waals surface area contributed by atoms with Crippen molar-refractivity contribution in [2.24, 2.45) is 5.14 Å². The molecule has 0 bridgehead atoms. The van der Waals surface area contributed by atoms with Crippen LogP contribution in [0.25, 0.3) is 10.8 Å². The first-order valence-corrected chi connectivity index (χ1v) is 9.31. The molecule has 134 valence electrons. The van der Waals surface area contributed by atoms with Crippen molar-refractivity contribution in [2.45, 2.75) is 11.4 Å². The van der Waals surface area contributed by atoms with Crippen LogP contribution < -0.4 is 10.0 Å². The number of fused-ring (bicyclic) bond motifs is 1. The lowest BCUT2D eigenvalue weighted by Gasteiger charge is -2.21. The zero-order valence-electron chi connectivity index (χ0n) is 14.0. The third-order valence-electron chi connectivity index (χ3n) is 4.17. The Morgan fingerprint density at radius 1 is 1.04 bits per heavy atom. The van der Waals surface area contributed by atoms with Crippen molar-refractivity contribution in [3.63, 3.8) is 0 Å². The molecule has 3 rings (SSSR count). The molecule has 26 heavy (non-hydrogen) atoms. The number of primary sulfonamides is 1. The number of hydrogen-bond acceptors (Lipinski definition) is 5. The van der Waals surface area contributed by atoms with Crippen LogP contribution in [0.1, 0.15) is 5.56 Å². The van der Waals surface area contributed by atoms with Gasteiger partial charge in [0.2, 0.25) is 10.0 Å². The first-order chi connectivity index (χ1) is 12.3. The maximum Gasteiger partial charge on any atom is 0.312 e. The summed E-state index contributed by atoms with van der Waals surface area (Å²) in [7, 11) is -2.53. The minimum absolute atomic E-state index is 0.189. The van der Waals surface area contributed by atoms with E-state index in [0.29, 0.717) is 6.54 Å². The van der Waals surface area contributed by atoms with E-state index < -0.39 is 25.5 Å². The van der Waals surface area contributed by atoms with E-state index in [-0.39, 0.29) is 5.69 Å². The van der Waals surface area contributed by atoms with Gasteiger partial charge in [0.1, 0.15) is 5.69 Å². The molecule has 7 nitrogen and oxygen atoms in total. The normalized spacial score (nSPS) is 11.5. The van der Waals surface area contributed by atoms with Gasteiger partial charge < -0.3 is 4.90 Å². The maximum absolute atomic E-state index is 11.7. The van der Waals surface area contributed by atoms with Crippen LogP contribution in [0.4, 0.5) is 11.4 Å². The molecule has 0 spiro atoms. The van der Waals surface area contributed by atoms with E-state index in [2.05, 4.69) is 0 Å². The summed E-state index contributed by atoms with van der Waals surface area (Å²) >= 11 is 0. The Balaban J connectivity index is 2.08. The molecule has 0 aromatic heterocycles. The predicted molar refractivity (Wildman–Crippen MR) is 101 cm³/mol. The minimum atomic E-state index is -4.21. The van der Waals surface area contributed by atoms with Gasteiger partial charge in [-0.1, -0.05) is 48.5 Å². The van der Waals surface area contributed by atoms with E-state index in [1.54, 1.807) is 11.9 Å². The highest BCUT2D eigenvalue weighted by atomic mass is 32.2. The van der Waals surface area contributed by atoms with Crippen LogP contribution in [0.3, 0.4) is 0 Å². The van der Waals surface area contributed by atoms with Crippen LogP contribution in [-0.4, -0.2) is 20.4 Å². The fraction of sp³-hybridized carbons (Fsp3) is 0.111. The van der Waals surface area contributed by atoms with E-state index in [1.165, 1.54) is 12.1 Å². The number of rotatable bonds is 5. The van der Waals surface area contributed by atoms with Gasteiger partial charge in [0.15, 0.2) is 4.90 Å². The molecule has 0 unspecified atom stereocenters. The van der Waals surface area contributed by atoms with Crippen LogP contribution in [0.2, 0.25) is 0 Å². The summed E-state index contributed by atoms with van der Waals surface area (Å²) in [5.41, 5.74) is 0.646. The average Bonchev–Trinajstić information content (AvgIpc) is 2.60. The quantitative estimate of drug-likeness (QED) is 0.548. The van der Waals surface area contributed by atoms with Gasteiger partial charge in [0.05, 0.1) is 4.92 Å². The SMILES string of the molecule is CN(Cc1cccc2ccccc12)c1cccc(S(N)(=O)=O)c1[N+](=O)[O-]. The zero-order chi connectivity index (χ0) is 18.9. The van der Waals surface area contributed by atoms with Crippen molar-refractivity contribution in [1.29, 1.82) is 0 Å². The molecule has 0 saturated heterocycles. The summed E-state index contributed by atoms with van der Waals surface area (Å²) in [6.45, 7) is 0.371.